The summed E-state index contributed by atoms with van der Waals surface area (Å²) in [5, 5.41) is 0.933. The molecule has 0 bridgehead atoms. The predicted molar refractivity (Wildman–Crippen MR) is 130 cm³/mol. The fraction of sp³-hybridized carbons (Fsp3) is 0.391. The van der Waals surface area contributed by atoms with Crippen LogP contribution in [0.25, 0.3) is 0 Å². The lowest BCUT2D eigenvalue weighted by molar-refractivity contribution is 0.324. The van der Waals surface area contributed by atoms with Crippen molar-refractivity contribution in [2.45, 2.75) is 6.42 Å². The normalized spacial score (nSPS) is 11.1. The van der Waals surface area contributed by atoms with Crippen LogP contribution < -0.4 is 28.4 Å². The highest BCUT2D eigenvalue weighted by Gasteiger charge is 2.22. The first kappa shape index (κ1) is 27.9. The lowest BCUT2D eigenvalue weighted by Crippen LogP contribution is -2.19. The SMILES string of the molecule is COc1cc(C#CS(=O)(=O)CS(=O)(=O)CCc2cc(OC)c(OC)c(OC)c2)cc(OC)c1OC. The largest absolute Gasteiger partial charge is 0.493 e. The molecule has 0 aromatic heterocycles. The van der Waals surface area contributed by atoms with Gasteiger partial charge < -0.3 is 28.4 Å². The molecule has 2 aromatic rings. The zero-order chi connectivity index (χ0) is 26.2. The molecule has 0 N–H and O–H groups in total. The third-order valence-corrected chi connectivity index (χ3v) is 8.69. The van der Waals surface area contributed by atoms with Crippen molar-refractivity contribution >= 4 is 19.7 Å². The molecule has 10 nitrogen and oxygen atoms in total. The highest BCUT2D eigenvalue weighted by molar-refractivity contribution is 8.10. The van der Waals surface area contributed by atoms with Crippen LogP contribution in [0.2, 0.25) is 0 Å². The van der Waals surface area contributed by atoms with Gasteiger partial charge in [0.2, 0.25) is 21.3 Å². The van der Waals surface area contributed by atoms with Crippen molar-refractivity contribution in [3.05, 3.63) is 35.4 Å². The molecule has 0 heterocycles. The van der Waals surface area contributed by atoms with Crippen molar-refractivity contribution in [3.8, 4) is 45.7 Å². The maximum Gasteiger partial charge on any atom is 0.231 e. The zero-order valence-corrected chi connectivity index (χ0v) is 22.0. The van der Waals surface area contributed by atoms with Gasteiger partial charge >= 0.3 is 0 Å². The monoisotopic (exact) mass is 528 g/mol. The van der Waals surface area contributed by atoms with E-state index in [1.807, 2.05) is 0 Å². The van der Waals surface area contributed by atoms with Crippen LogP contribution in [0.1, 0.15) is 11.1 Å². The van der Waals surface area contributed by atoms with Gasteiger partial charge in [-0.05, 0) is 42.2 Å². The Morgan fingerprint density at radius 3 is 1.49 bits per heavy atom. The van der Waals surface area contributed by atoms with E-state index in [9.17, 15) is 16.8 Å². The van der Waals surface area contributed by atoms with Crippen molar-refractivity contribution in [1.29, 1.82) is 0 Å². The third kappa shape index (κ3) is 7.34. The molecule has 2 aromatic carbocycles. The Hall–Kier alpha value is -3.30. The van der Waals surface area contributed by atoms with Crippen LogP contribution in [0.15, 0.2) is 24.3 Å². The van der Waals surface area contributed by atoms with E-state index in [1.165, 1.54) is 54.8 Å². The molecule has 2 rings (SSSR count). The summed E-state index contributed by atoms with van der Waals surface area (Å²) in [4.78, 5) is 0. The summed E-state index contributed by atoms with van der Waals surface area (Å²) in [6.07, 6.45) is 0.0366. The van der Waals surface area contributed by atoms with Crippen LogP contribution in [0.4, 0.5) is 0 Å². The minimum Gasteiger partial charge on any atom is -0.493 e. The second kappa shape index (κ2) is 11.9. The molecule has 0 atom stereocenters. The van der Waals surface area contributed by atoms with E-state index in [4.69, 9.17) is 28.4 Å². The smallest absolute Gasteiger partial charge is 0.231 e. The van der Waals surface area contributed by atoms with Crippen LogP contribution in [0.5, 0.6) is 34.5 Å². The quantitative estimate of drug-likeness (QED) is 0.401. The van der Waals surface area contributed by atoms with Crippen LogP contribution in [-0.4, -0.2) is 70.3 Å². The summed E-state index contributed by atoms with van der Waals surface area (Å²) in [6.45, 7) is 0. The van der Waals surface area contributed by atoms with E-state index in [0.717, 1.165) is 0 Å². The molecule has 0 fully saturated rings. The van der Waals surface area contributed by atoms with E-state index >= 15 is 0 Å². The van der Waals surface area contributed by atoms with E-state index in [-0.39, 0.29) is 23.5 Å². The second-order valence-electron chi connectivity index (χ2n) is 7.10. The molecule has 192 valence electrons. The number of rotatable bonds is 11. The van der Waals surface area contributed by atoms with E-state index in [2.05, 4.69) is 11.2 Å². The molecule has 0 amide bonds. The standard InChI is InChI=1S/C23H28O10S2/c1-28-18-11-16(12-19(29-2)22(18)32-5)7-9-34(24,25)15-35(26,27)10-8-17-13-20(30-3)23(33-6)21(14-17)31-4/h11-14H,7,9,15H2,1-6H3. The van der Waals surface area contributed by atoms with E-state index in [0.29, 0.717) is 28.6 Å². The van der Waals surface area contributed by atoms with Gasteiger partial charge in [-0.25, -0.2) is 16.8 Å². The van der Waals surface area contributed by atoms with Gasteiger partial charge in [-0.1, -0.05) is 0 Å². The average Bonchev–Trinajstić information content (AvgIpc) is 2.84. The maximum absolute atomic E-state index is 12.6. The lowest BCUT2D eigenvalue weighted by atomic mass is 10.1. The fourth-order valence-corrected chi connectivity index (χ4v) is 6.59. The predicted octanol–water partition coefficient (Wildman–Crippen LogP) is 2.08. The Bertz CT molecular complexity index is 1270. The van der Waals surface area contributed by atoms with Crippen LogP contribution in [0, 0.1) is 11.2 Å². The summed E-state index contributed by atoms with van der Waals surface area (Å²) >= 11 is 0. The number of benzene rings is 2. The number of hydrogen-bond donors (Lipinski definition) is 0. The van der Waals surface area contributed by atoms with Gasteiger partial charge in [-0.2, -0.15) is 0 Å². The number of sulfone groups is 2. The Morgan fingerprint density at radius 2 is 1.09 bits per heavy atom. The van der Waals surface area contributed by atoms with Gasteiger partial charge in [-0.15, -0.1) is 0 Å². The number of ether oxygens (including phenoxy) is 6. The van der Waals surface area contributed by atoms with Gasteiger partial charge in [0.25, 0.3) is 0 Å². The summed E-state index contributed by atoms with van der Waals surface area (Å²) in [6, 6.07) is 6.14. The maximum atomic E-state index is 12.6. The molecule has 0 radical (unpaired) electrons. The van der Waals surface area contributed by atoms with Gasteiger partial charge in [-0.3, -0.25) is 0 Å². The molecule has 0 unspecified atom stereocenters. The van der Waals surface area contributed by atoms with Gasteiger partial charge in [0, 0.05) is 10.8 Å². The molecular formula is C23H28O10S2. The molecule has 0 aliphatic carbocycles. The first-order chi connectivity index (χ1) is 16.5. The summed E-state index contributed by atoms with van der Waals surface area (Å²) in [5.74, 6) is 4.02. The Morgan fingerprint density at radius 1 is 0.657 bits per heavy atom. The number of methoxy groups -OCH3 is 6. The zero-order valence-electron chi connectivity index (χ0n) is 20.3. The number of aryl methyl sites for hydroxylation is 1. The van der Waals surface area contributed by atoms with E-state index < -0.39 is 30.5 Å². The molecule has 0 saturated heterocycles. The van der Waals surface area contributed by atoms with Crippen molar-refractivity contribution in [1.82, 2.24) is 0 Å². The van der Waals surface area contributed by atoms with Crippen molar-refractivity contribution in [3.63, 3.8) is 0 Å². The molecule has 0 saturated carbocycles. The highest BCUT2D eigenvalue weighted by atomic mass is 32.3. The van der Waals surface area contributed by atoms with Crippen LogP contribution in [-0.2, 0) is 26.1 Å². The minimum absolute atomic E-state index is 0.0366. The van der Waals surface area contributed by atoms with E-state index in [1.54, 1.807) is 12.1 Å². The van der Waals surface area contributed by atoms with Crippen LogP contribution in [0.3, 0.4) is 0 Å². The van der Waals surface area contributed by atoms with Crippen LogP contribution >= 0.6 is 0 Å². The van der Waals surface area contributed by atoms with Gasteiger partial charge in [0.15, 0.2) is 37.9 Å². The van der Waals surface area contributed by atoms with Crippen molar-refractivity contribution in [2.75, 3.05) is 53.5 Å². The molecule has 35 heavy (non-hydrogen) atoms. The Balaban J connectivity index is 2.22. The average molecular weight is 529 g/mol. The van der Waals surface area contributed by atoms with Gasteiger partial charge in [0.1, 0.15) is 0 Å². The summed E-state index contributed by atoms with van der Waals surface area (Å²) < 4.78 is 81.4. The summed E-state index contributed by atoms with van der Waals surface area (Å²) in [5.41, 5.74) is 0.821. The molecule has 0 spiro atoms. The van der Waals surface area contributed by atoms with Crippen molar-refractivity contribution in [2.24, 2.45) is 0 Å². The second-order valence-corrected chi connectivity index (χ2v) is 11.4. The fourth-order valence-electron chi connectivity index (χ4n) is 3.17. The Kier molecular flexibility index (Phi) is 9.50. The third-order valence-electron chi connectivity index (χ3n) is 4.78. The molecule has 0 aliphatic rings. The number of hydrogen-bond acceptors (Lipinski definition) is 10. The summed E-state index contributed by atoms with van der Waals surface area (Å²) in [7, 11) is 0.313. The molecule has 0 aliphatic heterocycles. The Labute approximate surface area is 205 Å². The highest BCUT2D eigenvalue weighted by Crippen LogP contribution is 2.39. The molecule has 12 heteroatoms. The first-order valence-corrected chi connectivity index (χ1v) is 13.5. The minimum atomic E-state index is -4.26. The van der Waals surface area contributed by atoms with Gasteiger partial charge in [0.05, 0.1) is 48.4 Å². The first-order valence-electron chi connectivity index (χ1n) is 10.1. The molecular weight excluding hydrogens is 500 g/mol. The van der Waals surface area contributed by atoms with Crippen molar-refractivity contribution < 1.29 is 45.3 Å². The topological polar surface area (TPSA) is 124 Å². The lowest BCUT2D eigenvalue weighted by Gasteiger charge is -2.14.